The first kappa shape index (κ1) is 3.96. The molecule has 1 heteroatoms. The van der Waals surface area contributed by atoms with Crippen molar-refractivity contribution in [3.63, 3.8) is 0 Å². The Bertz CT molecular complexity index is 8.85. The first-order valence-corrected chi connectivity index (χ1v) is 1.62. The van der Waals surface area contributed by atoms with Gasteiger partial charge in [-0.2, -0.15) is 0 Å². The Morgan fingerprint density at radius 1 is 2.00 bits per heavy atom. The highest BCUT2D eigenvalue weighted by Crippen LogP contribution is 1.57. The molecule has 0 heterocycles. The van der Waals surface area contributed by atoms with Crippen LogP contribution < -0.4 is 5.73 Å². The van der Waals surface area contributed by atoms with Gasteiger partial charge in [0.25, 0.3) is 0 Å². The Morgan fingerprint density at radius 3 is 2.25 bits per heavy atom. The largest absolute Gasteiger partial charge is 0.330 e. The predicted molar refractivity (Wildman–Crippen MR) is 21.5 cm³/mol. The van der Waals surface area contributed by atoms with Gasteiger partial charge in [-0.15, -0.1) is 0 Å². The van der Waals surface area contributed by atoms with Crippen molar-refractivity contribution in [2.24, 2.45) is 5.73 Å². The maximum atomic E-state index is 5.03. The van der Waals surface area contributed by atoms with Crippen LogP contribution in [0.3, 0.4) is 0 Å². The minimum absolute atomic E-state index is 0. The molecule has 4 heavy (non-hydrogen) atoms. The number of hydrogen-bond acceptors (Lipinski definition) is 1. The van der Waals surface area contributed by atoms with E-state index in [0.717, 1.165) is 13.0 Å². The van der Waals surface area contributed by atoms with Crippen LogP contribution >= 0.6 is 0 Å². The van der Waals surface area contributed by atoms with E-state index in [-0.39, 0.29) is 1.43 Å². The first-order chi connectivity index (χ1) is 1.91. The lowest BCUT2D eigenvalue weighted by Crippen LogP contribution is -1.93. The van der Waals surface area contributed by atoms with E-state index in [1.807, 2.05) is 0 Å². The zero-order valence-corrected chi connectivity index (χ0v) is 2.99. The molecule has 0 aliphatic heterocycles. The Kier molecular flexibility index (Phi) is 2.93. The summed E-state index contributed by atoms with van der Waals surface area (Å²) in [5.74, 6) is 0. The molecular formula is C3H11N. The molecule has 1 nitrogen and oxygen atoms in total. The molecule has 0 radical (unpaired) electrons. The second kappa shape index (κ2) is 2.96. The summed E-state index contributed by atoms with van der Waals surface area (Å²) in [5, 5.41) is 0. The van der Waals surface area contributed by atoms with E-state index < -0.39 is 0 Å². The van der Waals surface area contributed by atoms with Crippen molar-refractivity contribution in [2.75, 3.05) is 6.54 Å². The maximum Gasteiger partial charge on any atom is 0 e. The van der Waals surface area contributed by atoms with E-state index in [1.165, 1.54) is 0 Å². The minimum atomic E-state index is 0. The van der Waals surface area contributed by atoms with E-state index in [4.69, 9.17) is 5.73 Å². The van der Waals surface area contributed by atoms with Gasteiger partial charge in [-0.3, -0.25) is 0 Å². The van der Waals surface area contributed by atoms with Gasteiger partial charge in [0, 0.05) is 1.43 Å². The maximum absolute atomic E-state index is 5.03. The third kappa shape index (κ3) is 1.96. The molecule has 0 amide bonds. The molecule has 0 bridgehead atoms. The first-order valence-electron chi connectivity index (χ1n) is 1.62. The normalized spacial score (nSPS) is 7.50. The molecule has 28 valence electrons. The molecule has 0 aromatic rings. The second-order valence-corrected chi connectivity index (χ2v) is 0.789. The molecular weight excluding hydrogens is 50.0 g/mol. The van der Waals surface area contributed by atoms with Crippen LogP contribution in [0.5, 0.6) is 0 Å². The van der Waals surface area contributed by atoms with Crippen molar-refractivity contribution < 1.29 is 1.43 Å². The zero-order chi connectivity index (χ0) is 3.41. The molecule has 0 rings (SSSR count). The van der Waals surface area contributed by atoms with Gasteiger partial charge in [-0.25, -0.2) is 0 Å². The fraction of sp³-hybridized carbons (Fsp3) is 1.00. The standard InChI is InChI=1S/C3H9N.H2/c1-2-3-4;/h2-4H2,1H3;1H. The molecule has 2 N–H and O–H groups in total. The zero-order valence-electron chi connectivity index (χ0n) is 2.99. The molecule has 0 saturated carbocycles. The van der Waals surface area contributed by atoms with E-state index in [9.17, 15) is 0 Å². The molecule has 0 aliphatic rings. The molecule has 0 saturated heterocycles. The van der Waals surface area contributed by atoms with Crippen LogP contribution in [0.2, 0.25) is 0 Å². The fourth-order valence-electron chi connectivity index (χ4n) is 0. The van der Waals surface area contributed by atoms with Crippen molar-refractivity contribution >= 4 is 0 Å². The Labute approximate surface area is 28.3 Å². The van der Waals surface area contributed by atoms with Gasteiger partial charge in [-0.05, 0) is 13.0 Å². The number of hydrogen-bond donors (Lipinski definition) is 1. The van der Waals surface area contributed by atoms with Gasteiger partial charge in [0.05, 0.1) is 0 Å². The van der Waals surface area contributed by atoms with Crippen LogP contribution in [0, 0.1) is 0 Å². The van der Waals surface area contributed by atoms with Gasteiger partial charge in [0.2, 0.25) is 0 Å². The minimum Gasteiger partial charge on any atom is -0.330 e. The lowest BCUT2D eigenvalue weighted by atomic mass is 10.5. The van der Waals surface area contributed by atoms with Crippen LogP contribution in [0.1, 0.15) is 14.8 Å². The summed E-state index contributed by atoms with van der Waals surface area (Å²) in [6.07, 6.45) is 1.10. The van der Waals surface area contributed by atoms with Crippen LogP contribution in [0.15, 0.2) is 0 Å². The third-order valence-corrected chi connectivity index (χ3v) is 0.289. The average Bonchev–Trinajstić information content (AvgIpc) is 1.37. The van der Waals surface area contributed by atoms with E-state index in [0.29, 0.717) is 0 Å². The van der Waals surface area contributed by atoms with Crippen molar-refractivity contribution in [1.82, 2.24) is 0 Å². The highest BCUT2D eigenvalue weighted by molar-refractivity contribution is 4.19. The lowest BCUT2D eigenvalue weighted by Gasteiger charge is -1.70. The Morgan fingerprint density at radius 2 is 2.25 bits per heavy atom. The quantitative estimate of drug-likeness (QED) is 0.472. The fourth-order valence-corrected chi connectivity index (χ4v) is 0. The third-order valence-electron chi connectivity index (χ3n) is 0.289. The summed E-state index contributed by atoms with van der Waals surface area (Å²) in [5.41, 5.74) is 5.03. The lowest BCUT2D eigenvalue weighted by molar-refractivity contribution is 0.932. The summed E-state index contributed by atoms with van der Waals surface area (Å²) < 4.78 is 0. The highest BCUT2D eigenvalue weighted by Gasteiger charge is 1.55. The summed E-state index contributed by atoms with van der Waals surface area (Å²) in [4.78, 5) is 0. The topological polar surface area (TPSA) is 26.0 Å². The molecule has 0 spiro atoms. The Hall–Kier alpha value is -0.0400. The van der Waals surface area contributed by atoms with Gasteiger partial charge >= 0.3 is 0 Å². The van der Waals surface area contributed by atoms with E-state index >= 15 is 0 Å². The van der Waals surface area contributed by atoms with Gasteiger partial charge in [-0.1, -0.05) is 6.92 Å². The molecule has 0 atom stereocenters. The van der Waals surface area contributed by atoms with Crippen LogP contribution in [-0.4, -0.2) is 6.54 Å². The second-order valence-electron chi connectivity index (χ2n) is 0.789. The smallest absolute Gasteiger partial charge is 0 e. The van der Waals surface area contributed by atoms with Crippen LogP contribution in [0.4, 0.5) is 0 Å². The van der Waals surface area contributed by atoms with Crippen molar-refractivity contribution in [2.45, 2.75) is 13.3 Å². The monoisotopic (exact) mass is 61.1 g/mol. The highest BCUT2D eigenvalue weighted by atomic mass is 14.5. The summed E-state index contributed by atoms with van der Waals surface area (Å²) >= 11 is 0. The Balaban J connectivity index is 0. The van der Waals surface area contributed by atoms with Gasteiger partial charge in [0.1, 0.15) is 0 Å². The van der Waals surface area contributed by atoms with Crippen LogP contribution in [0.25, 0.3) is 0 Å². The molecule has 0 fully saturated rings. The number of rotatable bonds is 1. The van der Waals surface area contributed by atoms with Gasteiger partial charge in [0.15, 0.2) is 0 Å². The molecule has 0 unspecified atom stereocenters. The molecule has 0 aromatic carbocycles. The summed E-state index contributed by atoms with van der Waals surface area (Å²) in [6, 6.07) is 0. The van der Waals surface area contributed by atoms with E-state index in [2.05, 4.69) is 6.92 Å². The van der Waals surface area contributed by atoms with Crippen LogP contribution in [-0.2, 0) is 0 Å². The predicted octanol–water partition coefficient (Wildman–Crippen LogP) is 0.601. The van der Waals surface area contributed by atoms with Crippen molar-refractivity contribution in [3.05, 3.63) is 0 Å². The van der Waals surface area contributed by atoms with Gasteiger partial charge < -0.3 is 5.73 Å². The molecule has 0 aromatic heterocycles. The summed E-state index contributed by atoms with van der Waals surface area (Å²) in [7, 11) is 0. The summed E-state index contributed by atoms with van der Waals surface area (Å²) in [6.45, 7) is 2.88. The number of nitrogens with two attached hydrogens (primary N) is 1. The van der Waals surface area contributed by atoms with E-state index in [1.54, 1.807) is 0 Å². The average molecular weight is 61.1 g/mol. The SMILES string of the molecule is CCCN.[HH]. The van der Waals surface area contributed by atoms with Crippen molar-refractivity contribution in [3.8, 4) is 0 Å². The molecule has 0 aliphatic carbocycles. The van der Waals surface area contributed by atoms with Crippen molar-refractivity contribution in [1.29, 1.82) is 0 Å².